The van der Waals surface area contributed by atoms with Gasteiger partial charge in [-0.25, -0.2) is 4.98 Å². The van der Waals surface area contributed by atoms with Crippen LogP contribution in [-0.2, 0) is 13.0 Å². The van der Waals surface area contributed by atoms with Gasteiger partial charge < -0.3 is 15.1 Å². The second-order valence-electron chi connectivity index (χ2n) is 5.74. The molecule has 0 amide bonds. The fourth-order valence-electron chi connectivity index (χ4n) is 2.66. The fourth-order valence-corrected chi connectivity index (χ4v) is 2.77. The first-order valence-corrected chi connectivity index (χ1v) is 8.57. The standard InChI is InChI=1S/C19H21ClN4O.HI/c1-13-15-5-3-4-6-16(15)25-17(13)12-24-19(21-2)22-10-9-14-7-8-18(20)23-11-14;/h3-8,11H,9-10,12H2,1-2H3,(H2,21,22,24);1H. The lowest BCUT2D eigenvalue weighted by Crippen LogP contribution is -2.37. The Bertz CT molecular complexity index is 877. The lowest BCUT2D eigenvalue weighted by molar-refractivity contribution is 0.534. The molecule has 26 heavy (non-hydrogen) atoms. The highest BCUT2D eigenvalue weighted by Crippen LogP contribution is 2.24. The van der Waals surface area contributed by atoms with Gasteiger partial charge in [-0.3, -0.25) is 4.99 Å². The zero-order valence-corrected chi connectivity index (χ0v) is 17.8. The van der Waals surface area contributed by atoms with Crippen molar-refractivity contribution in [3.63, 3.8) is 0 Å². The van der Waals surface area contributed by atoms with E-state index < -0.39 is 0 Å². The molecule has 5 nitrogen and oxygen atoms in total. The largest absolute Gasteiger partial charge is 0.459 e. The van der Waals surface area contributed by atoms with Crippen LogP contribution in [0.5, 0.6) is 0 Å². The SMILES string of the molecule is CN=C(NCCc1ccc(Cl)nc1)NCc1oc2ccccc2c1C.I. The molecule has 0 aliphatic heterocycles. The van der Waals surface area contributed by atoms with E-state index in [-0.39, 0.29) is 24.0 Å². The Hall–Kier alpha value is -1.80. The lowest BCUT2D eigenvalue weighted by Gasteiger charge is -2.11. The highest BCUT2D eigenvalue weighted by atomic mass is 127. The normalized spacial score (nSPS) is 11.3. The molecule has 3 aromatic rings. The summed E-state index contributed by atoms with van der Waals surface area (Å²) in [5.74, 6) is 1.66. The highest BCUT2D eigenvalue weighted by molar-refractivity contribution is 14.0. The lowest BCUT2D eigenvalue weighted by atomic mass is 10.1. The van der Waals surface area contributed by atoms with Crippen LogP contribution < -0.4 is 10.6 Å². The van der Waals surface area contributed by atoms with E-state index in [1.165, 1.54) is 0 Å². The van der Waals surface area contributed by atoms with Crippen molar-refractivity contribution in [1.29, 1.82) is 0 Å². The van der Waals surface area contributed by atoms with E-state index in [1.54, 1.807) is 19.3 Å². The average Bonchev–Trinajstić information content (AvgIpc) is 2.96. The number of para-hydroxylation sites is 1. The summed E-state index contributed by atoms with van der Waals surface area (Å²) in [6.45, 7) is 3.41. The maximum Gasteiger partial charge on any atom is 0.191 e. The number of pyridine rings is 1. The molecule has 0 spiro atoms. The van der Waals surface area contributed by atoms with E-state index in [9.17, 15) is 0 Å². The second kappa shape index (κ2) is 9.78. The zero-order chi connectivity index (χ0) is 17.6. The van der Waals surface area contributed by atoms with E-state index in [0.29, 0.717) is 11.7 Å². The summed E-state index contributed by atoms with van der Waals surface area (Å²) in [7, 11) is 1.75. The van der Waals surface area contributed by atoms with Crippen molar-refractivity contribution in [3.05, 3.63) is 64.6 Å². The van der Waals surface area contributed by atoms with Gasteiger partial charge in [0, 0.05) is 30.7 Å². The average molecular weight is 485 g/mol. The van der Waals surface area contributed by atoms with E-state index >= 15 is 0 Å². The fraction of sp³-hybridized carbons (Fsp3) is 0.263. The summed E-state index contributed by atoms with van der Waals surface area (Å²) < 4.78 is 5.91. The van der Waals surface area contributed by atoms with Gasteiger partial charge in [-0.1, -0.05) is 35.9 Å². The van der Waals surface area contributed by atoms with Gasteiger partial charge in [-0.15, -0.1) is 24.0 Å². The van der Waals surface area contributed by atoms with Crippen molar-refractivity contribution in [2.24, 2.45) is 4.99 Å². The van der Waals surface area contributed by atoms with Gasteiger partial charge in [-0.2, -0.15) is 0 Å². The Labute approximate surface area is 175 Å². The number of rotatable bonds is 5. The van der Waals surface area contributed by atoms with Crippen molar-refractivity contribution < 1.29 is 4.42 Å². The number of guanidine groups is 1. The van der Waals surface area contributed by atoms with Crippen molar-refractivity contribution >= 4 is 52.5 Å². The Morgan fingerprint density at radius 1 is 1.19 bits per heavy atom. The molecule has 0 saturated heterocycles. The first kappa shape index (κ1) is 20.5. The van der Waals surface area contributed by atoms with Crippen LogP contribution in [0.2, 0.25) is 5.15 Å². The van der Waals surface area contributed by atoms with E-state index in [4.69, 9.17) is 16.0 Å². The number of aliphatic imine (C=N–C) groups is 1. The summed E-state index contributed by atoms with van der Waals surface area (Å²) in [5, 5.41) is 8.24. The highest BCUT2D eigenvalue weighted by Gasteiger charge is 2.10. The Balaban J connectivity index is 0.00000243. The molecule has 0 saturated carbocycles. The first-order chi connectivity index (χ1) is 12.2. The first-order valence-electron chi connectivity index (χ1n) is 8.19. The molecule has 2 heterocycles. The number of aromatic nitrogens is 1. The second-order valence-corrected chi connectivity index (χ2v) is 6.13. The number of furan rings is 1. The molecule has 0 atom stereocenters. The van der Waals surface area contributed by atoms with E-state index in [1.807, 2.05) is 24.3 Å². The summed E-state index contributed by atoms with van der Waals surface area (Å²) in [4.78, 5) is 8.33. The summed E-state index contributed by atoms with van der Waals surface area (Å²) in [6.07, 6.45) is 2.63. The molecule has 0 aliphatic carbocycles. The number of hydrogen-bond acceptors (Lipinski definition) is 3. The molecule has 2 N–H and O–H groups in total. The third-order valence-electron chi connectivity index (χ3n) is 4.08. The predicted molar refractivity (Wildman–Crippen MR) is 118 cm³/mol. The number of nitrogens with zero attached hydrogens (tertiary/aromatic N) is 2. The Kier molecular flexibility index (Phi) is 7.71. The topological polar surface area (TPSA) is 62.5 Å². The van der Waals surface area contributed by atoms with E-state index in [0.717, 1.165) is 46.8 Å². The molecule has 7 heteroatoms. The quantitative estimate of drug-likeness (QED) is 0.245. The molecule has 0 fully saturated rings. The molecular formula is C19H22ClIN4O. The van der Waals surface area contributed by atoms with Gasteiger partial charge in [0.15, 0.2) is 5.96 Å². The Morgan fingerprint density at radius 3 is 2.69 bits per heavy atom. The van der Waals surface area contributed by atoms with Gasteiger partial charge in [0.2, 0.25) is 0 Å². The van der Waals surface area contributed by atoms with Gasteiger partial charge >= 0.3 is 0 Å². The van der Waals surface area contributed by atoms with Crippen LogP contribution in [0, 0.1) is 6.92 Å². The summed E-state index contributed by atoms with van der Waals surface area (Å²) in [5.41, 5.74) is 3.20. The minimum atomic E-state index is 0. The smallest absolute Gasteiger partial charge is 0.191 e. The molecule has 0 bridgehead atoms. The summed E-state index contributed by atoms with van der Waals surface area (Å²) in [6, 6.07) is 11.8. The van der Waals surface area contributed by atoms with Crippen molar-refractivity contribution in [2.45, 2.75) is 19.9 Å². The van der Waals surface area contributed by atoms with Crippen molar-refractivity contribution in [1.82, 2.24) is 15.6 Å². The third-order valence-corrected chi connectivity index (χ3v) is 4.30. The maximum atomic E-state index is 5.91. The van der Waals surface area contributed by atoms with Gasteiger partial charge in [0.25, 0.3) is 0 Å². The number of aryl methyl sites for hydroxylation is 1. The molecule has 3 rings (SSSR count). The Morgan fingerprint density at radius 2 is 2.00 bits per heavy atom. The molecule has 0 unspecified atom stereocenters. The monoisotopic (exact) mass is 484 g/mol. The molecule has 0 radical (unpaired) electrons. The molecule has 138 valence electrons. The van der Waals surface area contributed by atoms with Crippen LogP contribution in [0.1, 0.15) is 16.9 Å². The van der Waals surface area contributed by atoms with Crippen LogP contribution in [0.3, 0.4) is 0 Å². The number of benzene rings is 1. The van der Waals surface area contributed by atoms with Crippen LogP contribution in [0.25, 0.3) is 11.0 Å². The molecule has 1 aromatic carbocycles. The molecule has 2 aromatic heterocycles. The number of fused-ring (bicyclic) bond motifs is 1. The van der Waals surface area contributed by atoms with Gasteiger partial charge in [0.1, 0.15) is 16.5 Å². The zero-order valence-electron chi connectivity index (χ0n) is 14.8. The van der Waals surface area contributed by atoms with Gasteiger partial charge in [0.05, 0.1) is 6.54 Å². The number of halogens is 2. The van der Waals surface area contributed by atoms with Gasteiger partial charge in [-0.05, 0) is 31.0 Å². The molecule has 0 aliphatic rings. The van der Waals surface area contributed by atoms with Crippen LogP contribution in [0.15, 0.2) is 52.0 Å². The summed E-state index contributed by atoms with van der Waals surface area (Å²) >= 11 is 5.80. The minimum absolute atomic E-state index is 0. The minimum Gasteiger partial charge on any atom is -0.459 e. The third kappa shape index (κ3) is 5.11. The van der Waals surface area contributed by atoms with Crippen LogP contribution >= 0.6 is 35.6 Å². The van der Waals surface area contributed by atoms with Crippen LogP contribution in [-0.4, -0.2) is 24.5 Å². The van der Waals surface area contributed by atoms with Crippen LogP contribution in [0.4, 0.5) is 0 Å². The molecular weight excluding hydrogens is 463 g/mol. The predicted octanol–water partition coefficient (Wildman–Crippen LogP) is 4.32. The van der Waals surface area contributed by atoms with Crippen molar-refractivity contribution in [3.8, 4) is 0 Å². The maximum absolute atomic E-state index is 5.91. The van der Waals surface area contributed by atoms with Crippen molar-refractivity contribution in [2.75, 3.05) is 13.6 Å². The number of hydrogen-bond donors (Lipinski definition) is 2. The van der Waals surface area contributed by atoms with E-state index in [2.05, 4.69) is 33.6 Å². The number of nitrogens with one attached hydrogen (secondary N) is 2.